The van der Waals surface area contributed by atoms with E-state index in [1.54, 1.807) is 11.0 Å². The van der Waals surface area contributed by atoms with Gasteiger partial charge in [0.05, 0.1) is 16.5 Å². The van der Waals surface area contributed by atoms with Gasteiger partial charge in [0.2, 0.25) is 0 Å². The fraction of sp³-hybridized carbons (Fsp3) is 0.300. The number of carbonyl (C=O) groups excluding carboxylic acids is 1. The molecule has 2 aromatic carbocycles. The summed E-state index contributed by atoms with van der Waals surface area (Å²) in [4.78, 5) is 36.6. The van der Waals surface area contributed by atoms with Crippen LogP contribution in [0.2, 0.25) is 0 Å². The number of likely N-dealkylation sites (tertiary alicyclic amines) is 1. The molecular formula is C20H18N2O7. The van der Waals surface area contributed by atoms with Crippen molar-refractivity contribution in [2.24, 2.45) is 0 Å². The molecule has 0 spiro atoms. The Labute approximate surface area is 165 Å². The van der Waals surface area contributed by atoms with Crippen LogP contribution in [0, 0.1) is 10.1 Å². The quantitative estimate of drug-likeness (QED) is 0.621. The highest BCUT2D eigenvalue weighted by molar-refractivity contribution is 5.99. The first kappa shape index (κ1) is 18.7. The Morgan fingerprint density at radius 2 is 1.90 bits per heavy atom. The lowest BCUT2D eigenvalue weighted by molar-refractivity contribution is -0.384. The first-order valence-corrected chi connectivity index (χ1v) is 9.18. The molecule has 2 aliphatic heterocycles. The van der Waals surface area contributed by atoms with E-state index in [2.05, 4.69) is 0 Å². The van der Waals surface area contributed by atoms with Crippen LogP contribution in [0.5, 0.6) is 11.5 Å². The molecule has 9 nitrogen and oxygen atoms in total. The van der Waals surface area contributed by atoms with Crippen LogP contribution in [-0.4, -0.2) is 46.6 Å². The van der Waals surface area contributed by atoms with Crippen LogP contribution in [0.3, 0.4) is 0 Å². The molecule has 1 saturated heterocycles. The van der Waals surface area contributed by atoms with Crippen molar-refractivity contribution in [1.82, 2.24) is 4.90 Å². The zero-order valence-electron chi connectivity index (χ0n) is 15.4. The molecule has 0 bridgehead atoms. The third-order valence-corrected chi connectivity index (χ3v) is 5.09. The van der Waals surface area contributed by atoms with E-state index in [4.69, 9.17) is 9.47 Å². The maximum absolute atomic E-state index is 13.2. The molecule has 1 N–H and O–H groups in total. The van der Waals surface area contributed by atoms with E-state index in [0.29, 0.717) is 37.7 Å². The van der Waals surface area contributed by atoms with Gasteiger partial charge in [-0.2, -0.15) is 0 Å². The van der Waals surface area contributed by atoms with Crippen molar-refractivity contribution in [3.63, 3.8) is 0 Å². The zero-order valence-corrected chi connectivity index (χ0v) is 15.4. The average molecular weight is 398 g/mol. The van der Waals surface area contributed by atoms with Crippen molar-refractivity contribution >= 4 is 17.6 Å². The van der Waals surface area contributed by atoms with Gasteiger partial charge in [0.15, 0.2) is 11.5 Å². The van der Waals surface area contributed by atoms with Gasteiger partial charge in [0.1, 0.15) is 13.2 Å². The molecule has 1 amide bonds. The molecule has 4 rings (SSSR count). The molecule has 0 aliphatic carbocycles. The summed E-state index contributed by atoms with van der Waals surface area (Å²) in [5.41, 5.74) is 0.0624. The maximum Gasteiger partial charge on any atom is 0.335 e. The SMILES string of the molecule is O=C(O)c1cc(C(=O)N2CCCC2c2cccc3c2OCCO3)cc([N+](=O)[O-])c1. The van der Waals surface area contributed by atoms with Crippen molar-refractivity contribution in [3.8, 4) is 11.5 Å². The fourth-order valence-electron chi connectivity index (χ4n) is 3.82. The Bertz CT molecular complexity index is 972. The summed E-state index contributed by atoms with van der Waals surface area (Å²) in [6, 6.07) is 8.46. The third-order valence-electron chi connectivity index (χ3n) is 5.09. The van der Waals surface area contributed by atoms with Crippen LogP contribution in [0.4, 0.5) is 5.69 Å². The molecule has 150 valence electrons. The number of aromatic carboxylic acids is 1. The molecule has 2 heterocycles. The van der Waals surface area contributed by atoms with Gasteiger partial charge in [-0.25, -0.2) is 4.79 Å². The normalized spacial score (nSPS) is 17.8. The molecule has 1 atom stereocenters. The minimum Gasteiger partial charge on any atom is -0.486 e. The molecule has 9 heteroatoms. The maximum atomic E-state index is 13.2. The number of fused-ring (bicyclic) bond motifs is 1. The third kappa shape index (κ3) is 3.46. The number of nitro groups is 1. The molecule has 0 radical (unpaired) electrons. The van der Waals surface area contributed by atoms with Crippen LogP contribution in [0.1, 0.15) is 45.2 Å². The topological polar surface area (TPSA) is 119 Å². The Morgan fingerprint density at radius 3 is 2.66 bits per heavy atom. The first-order chi connectivity index (χ1) is 14.0. The number of hydrogen-bond donors (Lipinski definition) is 1. The van der Waals surface area contributed by atoms with Gasteiger partial charge < -0.3 is 19.5 Å². The lowest BCUT2D eigenvalue weighted by Crippen LogP contribution is -2.31. The van der Waals surface area contributed by atoms with E-state index >= 15 is 0 Å². The lowest BCUT2D eigenvalue weighted by Gasteiger charge is -2.29. The number of carboxylic acids is 1. The largest absolute Gasteiger partial charge is 0.486 e. The van der Waals surface area contributed by atoms with E-state index in [1.807, 2.05) is 12.1 Å². The average Bonchev–Trinajstić information content (AvgIpc) is 3.22. The zero-order chi connectivity index (χ0) is 20.5. The number of nitrogens with zero attached hydrogens (tertiary/aromatic N) is 2. The fourth-order valence-corrected chi connectivity index (χ4v) is 3.82. The molecule has 1 fully saturated rings. The molecular weight excluding hydrogens is 380 g/mol. The highest BCUT2D eigenvalue weighted by Crippen LogP contribution is 2.43. The van der Waals surface area contributed by atoms with Gasteiger partial charge in [-0.1, -0.05) is 12.1 Å². The van der Waals surface area contributed by atoms with Crippen LogP contribution in [0.25, 0.3) is 0 Å². The van der Waals surface area contributed by atoms with E-state index in [9.17, 15) is 24.8 Å². The highest BCUT2D eigenvalue weighted by Gasteiger charge is 2.34. The van der Waals surface area contributed by atoms with Crippen molar-refractivity contribution in [3.05, 3.63) is 63.2 Å². The van der Waals surface area contributed by atoms with E-state index < -0.39 is 22.5 Å². The predicted octanol–water partition coefficient (Wildman–Crippen LogP) is 3.04. The number of para-hydroxylation sites is 1. The summed E-state index contributed by atoms with van der Waals surface area (Å²) in [5, 5.41) is 20.4. The van der Waals surface area contributed by atoms with Crippen LogP contribution in [0.15, 0.2) is 36.4 Å². The number of carboxylic acid groups (broad SMARTS) is 1. The van der Waals surface area contributed by atoms with Crippen molar-refractivity contribution in [2.75, 3.05) is 19.8 Å². The highest BCUT2D eigenvalue weighted by atomic mass is 16.6. The number of rotatable bonds is 4. The minimum absolute atomic E-state index is 0.0227. The minimum atomic E-state index is -1.33. The Hall–Kier alpha value is -3.62. The number of non-ortho nitro benzene ring substituents is 1. The predicted molar refractivity (Wildman–Crippen MR) is 100 cm³/mol. The Morgan fingerprint density at radius 1 is 1.14 bits per heavy atom. The second-order valence-electron chi connectivity index (χ2n) is 6.86. The van der Waals surface area contributed by atoms with Gasteiger partial charge in [-0.15, -0.1) is 0 Å². The number of amides is 1. The van der Waals surface area contributed by atoms with Crippen molar-refractivity contribution in [2.45, 2.75) is 18.9 Å². The van der Waals surface area contributed by atoms with Gasteiger partial charge in [-0.05, 0) is 25.0 Å². The summed E-state index contributed by atoms with van der Waals surface area (Å²) in [5.74, 6) is -0.554. The summed E-state index contributed by atoms with van der Waals surface area (Å²) in [6.45, 7) is 1.33. The number of hydrogen-bond acceptors (Lipinski definition) is 6. The smallest absolute Gasteiger partial charge is 0.335 e. The van der Waals surface area contributed by atoms with Gasteiger partial charge >= 0.3 is 5.97 Å². The van der Waals surface area contributed by atoms with E-state index in [0.717, 1.165) is 24.1 Å². The van der Waals surface area contributed by atoms with Crippen LogP contribution < -0.4 is 9.47 Å². The summed E-state index contributed by atoms with van der Waals surface area (Å²) >= 11 is 0. The Kier molecular flexibility index (Phi) is 4.79. The van der Waals surface area contributed by atoms with Crippen LogP contribution >= 0.6 is 0 Å². The number of carbonyl (C=O) groups is 2. The van der Waals surface area contributed by atoms with Crippen molar-refractivity contribution in [1.29, 1.82) is 0 Å². The van der Waals surface area contributed by atoms with Gasteiger partial charge in [-0.3, -0.25) is 14.9 Å². The second kappa shape index (κ2) is 7.42. The van der Waals surface area contributed by atoms with E-state index in [-0.39, 0.29) is 17.2 Å². The molecule has 0 saturated carbocycles. The van der Waals surface area contributed by atoms with Crippen LogP contribution in [-0.2, 0) is 0 Å². The molecule has 29 heavy (non-hydrogen) atoms. The number of nitro benzene ring substituents is 1. The summed E-state index contributed by atoms with van der Waals surface area (Å²) < 4.78 is 11.4. The molecule has 1 unspecified atom stereocenters. The summed E-state index contributed by atoms with van der Waals surface area (Å²) in [7, 11) is 0. The number of benzene rings is 2. The lowest BCUT2D eigenvalue weighted by atomic mass is 10.0. The van der Waals surface area contributed by atoms with Gasteiger partial charge in [0, 0.05) is 29.8 Å². The first-order valence-electron chi connectivity index (χ1n) is 9.18. The second-order valence-corrected chi connectivity index (χ2v) is 6.86. The molecule has 0 aromatic heterocycles. The van der Waals surface area contributed by atoms with Gasteiger partial charge in [0.25, 0.3) is 11.6 Å². The summed E-state index contributed by atoms with van der Waals surface area (Å²) in [6.07, 6.45) is 1.45. The van der Waals surface area contributed by atoms with E-state index in [1.165, 1.54) is 6.07 Å². The Balaban J connectivity index is 1.71. The standard InChI is InChI=1S/C20H18N2O7/c23-19(12-9-13(20(24)25)11-14(10-12)22(26)27)21-6-2-4-16(21)15-3-1-5-17-18(15)29-8-7-28-17/h1,3,5,9-11,16H,2,4,6-8H2,(H,24,25). The molecule has 2 aromatic rings. The number of ether oxygens (including phenoxy) is 2. The van der Waals surface area contributed by atoms with Crippen molar-refractivity contribution < 1.29 is 29.1 Å². The molecule has 2 aliphatic rings. The monoisotopic (exact) mass is 398 g/mol.